The molecule has 0 unspecified atom stereocenters. The lowest BCUT2D eigenvalue weighted by atomic mass is 10.1. The molecule has 0 bridgehead atoms. The Morgan fingerprint density at radius 1 is 1.23 bits per heavy atom. The van der Waals surface area contributed by atoms with Gasteiger partial charge in [0, 0.05) is 6.54 Å². The minimum atomic E-state index is 0.226. The van der Waals surface area contributed by atoms with Gasteiger partial charge in [-0.2, -0.15) is 0 Å². The standard InChI is InChI=1S/C20H30N4O2/c1-6-21-20(23-12-19-24-15(4)16(5)26-19)22-11-17-8-7-9-18(10-17)13-25-14(2)3/h7-10,14H,6,11-13H2,1-5H3,(H2,21,22,23). The number of nitrogens with zero attached hydrogens (tertiary/aromatic N) is 2. The summed E-state index contributed by atoms with van der Waals surface area (Å²) in [6, 6.07) is 8.33. The summed E-state index contributed by atoms with van der Waals surface area (Å²) in [5.41, 5.74) is 3.23. The molecule has 0 spiro atoms. The molecule has 1 heterocycles. The first-order valence-corrected chi connectivity index (χ1v) is 9.12. The highest BCUT2D eigenvalue weighted by Gasteiger charge is 2.06. The predicted molar refractivity (Wildman–Crippen MR) is 104 cm³/mol. The number of aromatic nitrogens is 1. The highest BCUT2D eigenvalue weighted by molar-refractivity contribution is 5.79. The number of guanidine groups is 1. The second-order valence-corrected chi connectivity index (χ2v) is 6.48. The van der Waals surface area contributed by atoms with E-state index in [1.165, 1.54) is 0 Å². The molecule has 26 heavy (non-hydrogen) atoms. The monoisotopic (exact) mass is 358 g/mol. The van der Waals surface area contributed by atoms with Crippen LogP contribution in [0.2, 0.25) is 0 Å². The van der Waals surface area contributed by atoms with E-state index in [4.69, 9.17) is 9.15 Å². The van der Waals surface area contributed by atoms with Crippen LogP contribution in [0.25, 0.3) is 0 Å². The van der Waals surface area contributed by atoms with E-state index in [2.05, 4.69) is 38.8 Å². The third-order valence-electron chi connectivity index (χ3n) is 3.82. The lowest BCUT2D eigenvalue weighted by Gasteiger charge is -2.11. The third-order valence-corrected chi connectivity index (χ3v) is 3.82. The van der Waals surface area contributed by atoms with E-state index in [0.717, 1.165) is 35.1 Å². The minimum Gasteiger partial charge on any atom is -0.444 e. The molecular formula is C20H30N4O2. The van der Waals surface area contributed by atoms with Crippen molar-refractivity contribution in [3.8, 4) is 0 Å². The molecule has 0 fully saturated rings. The maximum absolute atomic E-state index is 5.67. The van der Waals surface area contributed by atoms with E-state index < -0.39 is 0 Å². The van der Waals surface area contributed by atoms with Crippen LogP contribution in [-0.2, 0) is 24.4 Å². The van der Waals surface area contributed by atoms with Crippen molar-refractivity contribution in [2.24, 2.45) is 4.99 Å². The topological polar surface area (TPSA) is 71.7 Å². The zero-order valence-corrected chi connectivity index (χ0v) is 16.4. The van der Waals surface area contributed by atoms with Crippen LogP contribution >= 0.6 is 0 Å². The SMILES string of the molecule is CCNC(=NCc1cccc(COC(C)C)c1)NCc1nc(C)c(C)o1. The van der Waals surface area contributed by atoms with Crippen LogP contribution in [0, 0.1) is 13.8 Å². The molecule has 0 saturated heterocycles. The smallest absolute Gasteiger partial charge is 0.214 e. The van der Waals surface area contributed by atoms with Crippen LogP contribution in [0.1, 0.15) is 49.2 Å². The summed E-state index contributed by atoms with van der Waals surface area (Å²) >= 11 is 0. The lowest BCUT2D eigenvalue weighted by molar-refractivity contribution is 0.0657. The largest absolute Gasteiger partial charge is 0.444 e. The van der Waals surface area contributed by atoms with Gasteiger partial charge in [0.05, 0.1) is 31.5 Å². The zero-order chi connectivity index (χ0) is 18.9. The van der Waals surface area contributed by atoms with Gasteiger partial charge < -0.3 is 19.8 Å². The molecule has 0 aliphatic carbocycles. The van der Waals surface area contributed by atoms with E-state index in [1.54, 1.807) is 0 Å². The van der Waals surface area contributed by atoms with Gasteiger partial charge in [0.2, 0.25) is 5.89 Å². The van der Waals surface area contributed by atoms with E-state index in [-0.39, 0.29) is 6.10 Å². The fraction of sp³-hybridized carbons (Fsp3) is 0.500. The molecule has 1 aromatic heterocycles. The molecule has 0 atom stereocenters. The number of oxazole rings is 1. The number of hydrogen-bond donors (Lipinski definition) is 2. The van der Waals surface area contributed by atoms with Crippen LogP contribution < -0.4 is 10.6 Å². The van der Waals surface area contributed by atoms with Crippen molar-refractivity contribution in [3.63, 3.8) is 0 Å². The van der Waals surface area contributed by atoms with Crippen molar-refractivity contribution in [2.45, 2.75) is 60.4 Å². The molecule has 0 amide bonds. The second kappa shape index (κ2) is 9.97. The van der Waals surface area contributed by atoms with Crippen molar-refractivity contribution in [3.05, 3.63) is 52.7 Å². The van der Waals surface area contributed by atoms with Gasteiger partial charge in [-0.3, -0.25) is 0 Å². The molecule has 142 valence electrons. The summed E-state index contributed by atoms with van der Waals surface area (Å²) in [6.07, 6.45) is 0.226. The summed E-state index contributed by atoms with van der Waals surface area (Å²) in [7, 11) is 0. The molecule has 6 nitrogen and oxygen atoms in total. The Hall–Kier alpha value is -2.34. The Morgan fingerprint density at radius 3 is 2.65 bits per heavy atom. The molecule has 1 aromatic carbocycles. The molecule has 2 aromatic rings. The summed E-state index contributed by atoms with van der Waals surface area (Å²) < 4.78 is 11.3. The van der Waals surface area contributed by atoms with Crippen LogP contribution in [-0.4, -0.2) is 23.6 Å². The van der Waals surface area contributed by atoms with Gasteiger partial charge in [-0.1, -0.05) is 24.3 Å². The summed E-state index contributed by atoms with van der Waals surface area (Å²) in [6.45, 7) is 12.5. The number of nitrogens with one attached hydrogen (secondary N) is 2. The maximum Gasteiger partial charge on any atom is 0.214 e. The van der Waals surface area contributed by atoms with Crippen LogP contribution in [0.3, 0.4) is 0 Å². The first kappa shape index (κ1) is 20.0. The van der Waals surface area contributed by atoms with Crippen LogP contribution in [0.5, 0.6) is 0 Å². The fourth-order valence-electron chi connectivity index (χ4n) is 2.37. The van der Waals surface area contributed by atoms with Gasteiger partial charge in [0.1, 0.15) is 5.76 Å². The molecular weight excluding hydrogens is 328 g/mol. The lowest BCUT2D eigenvalue weighted by Crippen LogP contribution is -2.36. The molecule has 6 heteroatoms. The molecule has 2 N–H and O–H groups in total. The Kier molecular flexibility index (Phi) is 7.66. The van der Waals surface area contributed by atoms with Gasteiger partial charge >= 0.3 is 0 Å². The van der Waals surface area contributed by atoms with Gasteiger partial charge in [-0.25, -0.2) is 9.98 Å². The number of aryl methyl sites for hydroxylation is 2. The van der Waals surface area contributed by atoms with Crippen molar-refractivity contribution in [2.75, 3.05) is 6.54 Å². The first-order valence-electron chi connectivity index (χ1n) is 9.12. The Bertz CT molecular complexity index is 703. The average Bonchev–Trinajstić information content (AvgIpc) is 2.94. The third kappa shape index (κ3) is 6.52. The molecule has 0 aliphatic heterocycles. The maximum atomic E-state index is 5.67. The quantitative estimate of drug-likeness (QED) is 0.558. The highest BCUT2D eigenvalue weighted by Crippen LogP contribution is 2.10. The van der Waals surface area contributed by atoms with E-state index >= 15 is 0 Å². The minimum absolute atomic E-state index is 0.226. The number of hydrogen-bond acceptors (Lipinski definition) is 4. The second-order valence-electron chi connectivity index (χ2n) is 6.48. The van der Waals surface area contributed by atoms with Crippen molar-refractivity contribution < 1.29 is 9.15 Å². The number of ether oxygens (including phenoxy) is 1. The normalized spacial score (nSPS) is 11.8. The molecule has 2 rings (SSSR count). The van der Waals surface area contributed by atoms with Crippen LogP contribution in [0.15, 0.2) is 33.7 Å². The first-order chi connectivity index (χ1) is 12.5. The predicted octanol–water partition coefficient (Wildman–Crippen LogP) is 3.47. The number of aliphatic imine (C=N–C) groups is 1. The van der Waals surface area contributed by atoms with Crippen molar-refractivity contribution in [1.29, 1.82) is 0 Å². The summed E-state index contributed by atoms with van der Waals surface area (Å²) in [5.74, 6) is 2.26. The Balaban J connectivity index is 1.96. The highest BCUT2D eigenvalue weighted by atomic mass is 16.5. The zero-order valence-electron chi connectivity index (χ0n) is 16.4. The van der Waals surface area contributed by atoms with Gasteiger partial charge in [0.25, 0.3) is 0 Å². The molecule has 0 saturated carbocycles. The number of benzene rings is 1. The summed E-state index contributed by atoms with van der Waals surface area (Å²) in [5, 5.41) is 6.50. The van der Waals surface area contributed by atoms with Crippen molar-refractivity contribution in [1.82, 2.24) is 15.6 Å². The summed E-state index contributed by atoms with van der Waals surface area (Å²) in [4.78, 5) is 9.03. The number of rotatable bonds is 8. The van der Waals surface area contributed by atoms with Gasteiger partial charge in [-0.15, -0.1) is 0 Å². The Morgan fingerprint density at radius 2 is 2.00 bits per heavy atom. The molecule has 0 radical (unpaired) electrons. The Labute approximate surface area is 156 Å². The van der Waals surface area contributed by atoms with E-state index in [9.17, 15) is 0 Å². The van der Waals surface area contributed by atoms with E-state index in [1.807, 2.05) is 40.7 Å². The van der Waals surface area contributed by atoms with E-state index in [0.29, 0.717) is 25.6 Å². The van der Waals surface area contributed by atoms with Gasteiger partial charge in [0.15, 0.2) is 5.96 Å². The van der Waals surface area contributed by atoms with Crippen molar-refractivity contribution >= 4 is 5.96 Å². The average molecular weight is 358 g/mol. The molecule has 0 aliphatic rings. The fourth-order valence-corrected chi connectivity index (χ4v) is 2.37. The van der Waals surface area contributed by atoms with Crippen LogP contribution in [0.4, 0.5) is 0 Å². The van der Waals surface area contributed by atoms with Gasteiger partial charge in [-0.05, 0) is 45.7 Å².